The number of nitro groups is 1. The molecule has 98 valence electrons. The lowest BCUT2D eigenvalue weighted by molar-refractivity contribution is -0.387. The van der Waals surface area contributed by atoms with E-state index >= 15 is 0 Å². The van der Waals surface area contributed by atoms with Crippen molar-refractivity contribution in [3.05, 3.63) is 58.2 Å². The summed E-state index contributed by atoms with van der Waals surface area (Å²) in [5.41, 5.74) is -0.435. The van der Waals surface area contributed by atoms with Gasteiger partial charge in [-0.05, 0) is 0 Å². The summed E-state index contributed by atoms with van der Waals surface area (Å²) in [6, 6.07) is 1.28. The summed E-state index contributed by atoms with van der Waals surface area (Å²) in [7, 11) is 0. The third-order valence-electron chi connectivity index (χ3n) is 2.31. The minimum absolute atomic E-state index is 0.119. The van der Waals surface area contributed by atoms with Crippen molar-refractivity contribution in [1.82, 2.24) is 9.97 Å². The summed E-state index contributed by atoms with van der Waals surface area (Å²) in [6.45, 7) is 0.119. The number of rotatable bonds is 4. The molecule has 1 heterocycles. The average Bonchev–Trinajstić information content (AvgIpc) is 2.38. The van der Waals surface area contributed by atoms with Gasteiger partial charge < -0.3 is 5.32 Å². The van der Waals surface area contributed by atoms with Crippen molar-refractivity contribution < 1.29 is 13.7 Å². The van der Waals surface area contributed by atoms with Crippen LogP contribution in [0.1, 0.15) is 5.69 Å². The van der Waals surface area contributed by atoms with E-state index in [0.717, 1.165) is 6.07 Å². The van der Waals surface area contributed by atoms with Crippen molar-refractivity contribution in [2.24, 2.45) is 0 Å². The van der Waals surface area contributed by atoms with Crippen LogP contribution in [0, 0.1) is 21.7 Å². The van der Waals surface area contributed by atoms with E-state index in [0.29, 0.717) is 11.8 Å². The Balaban J connectivity index is 2.21. The molecule has 0 saturated heterocycles. The van der Waals surface area contributed by atoms with Crippen molar-refractivity contribution in [3.63, 3.8) is 0 Å². The lowest BCUT2D eigenvalue weighted by Crippen LogP contribution is -2.05. The first-order chi connectivity index (χ1) is 9.08. The zero-order chi connectivity index (χ0) is 13.8. The number of anilines is 1. The van der Waals surface area contributed by atoms with Gasteiger partial charge in [0.15, 0.2) is 0 Å². The Labute approximate surface area is 106 Å². The van der Waals surface area contributed by atoms with Crippen LogP contribution >= 0.6 is 0 Å². The van der Waals surface area contributed by atoms with Crippen molar-refractivity contribution in [1.29, 1.82) is 0 Å². The molecule has 6 nitrogen and oxygen atoms in total. The molecule has 0 bridgehead atoms. The van der Waals surface area contributed by atoms with E-state index in [-0.39, 0.29) is 12.2 Å². The largest absolute Gasteiger partial charge is 0.377 e. The molecule has 1 aromatic heterocycles. The molecule has 0 fully saturated rings. The molecule has 0 unspecified atom stereocenters. The molecule has 0 radical (unpaired) electrons. The maximum absolute atomic E-state index is 13.4. The first-order valence-electron chi connectivity index (χ1n) is 5.20. The fraction of sp³-hybridized carbons (Fsp3) is 0.0909. The minimum Gasteiger partial charge on any atom is -0.377 e. The van der Waals surface area contributed by atoms with Gasteiger partial charge in [0.25, 0.3) is 0 Å². The molecule has 0 atom stereocenters. The van der Waals surface area contributed by atoms with Gasteiger partial charge in [-0.1, -0.05) is 0 Å². The Bertz CT molecular complexity index is 607. The molecule has 2 aromatic rings. The molecular weight excluding hydrogens is 258 g/mol. The second kappa shape index (κ2) is 5.34. The van der Waals surface area contributed by atoms with Crippen LogP contribution in [-0.2, 0) is 6.54 Å². The number of aromatic nitrogens is 2. The van der Waals surface area contributed by atoms with Gasteiger partial charge in [0, 0.05) is 24.5 Å². The van der Waals surface area contributed by atoms with Crippen molar-refractivity contribution in [2.75, 3.05) is 5.32 Å². The summed E-state index contributed by atoms with van der Waals surface area (Å²) in [6.07, 6.45) is 4.40. The average molecular weight is 266 g/mol. The van der Waals surface area contributed by atoms with Gasteiger partial charge in [0.05, 0.1) is 29.0 Å². The van der Waals surface area contributed by atoms with Crippen LogP contribution in [0.3, 0.4) is 0 Å². The molecule has 0 saturated carbocycles. The highest BCUT2D eigenvalue weighted by atomic mass is 19.1. The van der Waals surface area contributed by atoms with Crippen LogP contribution in [-0.4, -0.2) is 14.9 Å². The highest BCUT2D eigenvalue weighted by molar-refractivity contribution is 5.53. The van der Waals surface area contributed by atoms with E-state index in [1.165, 1.54) is 18.6 Å². The Hall–Kier alpha value is -2.64. The van der Waals surface area contributed by atoms with Gasteiger partial charge in [-0.2, -0.15) is 4.39 Å². The maximum atomic E-state index is 13.4. The molecule has 0 amide bonds. The second-order valence-corrected chi connectivity index (χ2v) is 3.59. The first-order valence-corrected chi connectivity index (χ1v) is 5.20. The number of halogens is 2. The lowest BCUT2D eigenvalue weighted by atomic mass is 10.2. The standard InChI is InChI=1S/C11H8F2N4O2/c12-8-3-9(13)11(17(18)19)4-10(8)16-6-7-5-14-1-2-15-7/h1-5,16H,6H2. The number of hydrogen-bond acceptors (Lipinski definition) is 5. The number of hydrogen-bond donors (Lipinski definition) is 1. The smallest absolute Gasteiger partial charge is 0.307 e. The van der Waals surface area contributed by atoms with Crippen molar-refractivity contribution in [2.45, 2.75) is 6.54 Å². The first kappa shape index (κ1) is 12.8. The minimum atomic E-state index is -1.22. The quantitative estimate of drug-likeness (QED) is 0.678. The number of benzene rings is 1. The monoisotopic (exact) mass is 266 g/mol. The predicted octanol–water partition coefficient (Wildman–Crippen LogP) is 2.28. The fourth-order valence-electron chi connectivity index (χ4n) is 1.42. The topological polar surface area (TPSA) is 81.0 Å². The molecule has 0 spiro atoms. The normalized spacial score (nSPS) is 10.2. The summed E-state index contributed by atoms with van der Waals surface area (Å²) in [5.74, 6) is -2.13. The van der Waals surface area contributed by atoms with Gasteiger partial charge >= 0.3 is 5.69 Å². The Morgan fingerprint density at radius 3 is 2.68 bits per heavy atom. The molecule has 8 heteroatoms. The Morgan fingerprint density at radius 2 is 2.05 bits per heavy atom. The second-order valence-electron chi connectivity index (χ2n) is 3.59. The molecule has 0 aliphatic heterocycles. The van der Waals surface area contributed by atoms with Crippen molar-refractivity contribution in [3.8, 4) is 0 Å². The van der Waals surface area contributed by atoms with Crippen LogP contribution in [0.4, 0.5) is 20.2 Å². The fourth-order valence-corrected chi connectivity index (χ4v) is 1.42. The third kappa shape index (κ3) is 2.97. The summed E-state index contributed by atoms with van der Waals surface area (Å²) in [4.78, 5) is 17.4. The third-order valence-corrected chi connectivity index (χ3v) is 2.31. The lowest BCUT2D eigenvalue weighted by Gasteiger charge is -2.07. The number of nitro benzene ring substituents is 1. The van der Waals surface area contributed by atoms with E-state index in [1.807, 2.05) is 0 Å². The molecule has 2 rings (SSSR count). The van der Waals surface area contributed by atoms with Crippen LogP contribution in [0.5, 0.6) is 0 Å². The van der Waals surface area contributed by atoms with Gasteiger partial charge in [0.2, 0.25) is 5.82 Å². The van der Waals surface area contributed by atoms with E-state index in [1.54, 1.807) is 0 Å². The number of nitrogens with zero attached hydrogens (tertiary/aromatic N) is 3. The van der Waals surface area contributed by atoms with Crippen LogP contribution in [0.25, 0.3) is 0 Å². The van der Waals surface area contributed by atoms with E-state index in [2.05, 4.69) is 15.3 Å². The molecule has 19 heavy (non-hydrogen) atoms. The molecule has 0 aliphatic carbocycles. The van der Waals surface area contributed by atoms with E-state index in [9.17, 15) is 18.9 Å². The van der Waals surface area contributed by atoms with Crippen LogP contribution in [0.15, 0.2) is 30.7 Å². The van der Waals surface area contributed by atoms with Crippen molar-refractivity contribution >= 4 is 11.4 Å². The highest BCUT2D eigenvalue weighted by Gasteiger charge is 2.18. The van der Waals surface area contributed by atoms with Gasteiger partial charge in [-0.3, -0.25) is 20.1 Å². The summed E-state index contributed by atoms with van der Waals surface area (Å²) < 4.78 is 26.5. The maximum Gasteiger partial charge on any atom is 0.307 e. The van der Waals surface area contributed by atoms with Crippen LogP contribution < -0.4 is 5.32 Å². The van der Waals surface area contributed by atoms with Gasteiger partial charge in [-0.15, -0.1) is 0 Å². The van der Waals surface area contributed by atoms with Crippen LogP contribution in [0.2, 0.25) is 0 Å². The van der Waals surface area contributed by atoms with Gasteiger partial charge in [-0.25, -0.2) is 4.39 Å². The SMILES string of the molecule is O=[N+]([O-])c1cc(NCc2cnccn2)c(F)cc1F. The van der Waals surface area contributed by atoms with E-state index in [4.69, 9.17) is 0 Å². The number of nitrogens with one attached hydrogen (secondary N) is 1. The van der Waals surface area contributed by atoms with E-state index < -0.39 is 22.2 Å². The summed E-state index contributed by atoms with van der Waals surface area (Å²) >= 11 is 0. The zero-order valence-electron chi connectivity index (χ0n) is 9.51. The molecule has 1 N–H and O–H groups in total. The Morgan fingerprint density at radius 1 is 1.26 bits per heavy atom. The van der Waals surface area contributed by atoms with Gasteiger partial charge in [0.1, 0.15) is 5.82 Å². The predicted molar refractivity (Wildman–Crippen MR) is 62.4 cm³/mol. The zero-order valence-corrected chi connectivity index (χ0v) is 9.51. The molecular formula is C11H8F2N4O2. The molecule has 0 aliphatic rings. The highest BCUT2D eigenvalue weighted by Crippen LogP contribution is 2.25. The summed E-state index contributed by atoms with van der Waals surface area (Å²) in [5, 5.41) is 13.2. The Kier molecular flexibility index (Phi) is 3.60. The molecule has 1 aromatic carbocycles.